The van der Waals surface area contributed by atoms with Crippen molar-refractivity contribution in [2.24, 2.45) is 11.5 Å². The van der Waals surface area contributed by atoms with Crippen LogP contribution in [-0.4, -0.2) is 35.1 Å². The average molecular weight is 456 g/mol. The van der Waals surface area contributed by atoms with Crippen LogP contribution in [-0.2, 0) is 22.7 Å². The summed E-state index contributed by atoms with van der Waals surface area (Å²) < 4.78 is 33.0. The lowest BCUT2D eigenvalue weighted by atomic mass is 10.1. The summed E-state index contributed by atoms with van der Waals surface area (Å²) in [5.41, 5.74) is 11.2. The lowest BCUT2D eigenvalue weighted by molar-refractivity contribution is -0.119. The van der Waals surface area contributed by atoms with Crippen LogP contribution in [0.1, 0.15) is 21.5 Å². The third-order valence-corrected chi connectivity index (χ3v) is 4.51. The van der Waals surface area contributed by atoms with Gasteiger partial charge in [0.1, 0.15) is 23.5 Å². The summed E-state index contributed by atoms with van der Waals surface area (Å²) in [4.78, 5) is 23.5. The van der Waals surface area contributed by atoms with Gasteiger partial charge in [0.05, 0.1) is 16.4 Å². The van der Waals surface area contributed by atoms with Crippen LogP contribution in [0.5, 0.6) is 5.75 Å². The van der Waals surface area contributed by atoms with E-state index in [2.05, 4.69) is 10.0 Å². The van der Waals surface area contributed by atoms with Crippen molar-refractivity contribution in [3.8, 4) is 5.75 Å². The van der Waals surface area contributed by atoms with E-state index in [1.165, 1.54) is 18.4 Å². The zero-order valence-corrected chi connectivity index (χ0v) is 17.3. The fraction of sp³-hybridized carbons (Fsp3) is 0.167. The molecule has 0 aliphatic rings. The summed E-state index contributed by atoms with van der Waals surface area (Å²) in [6.07, 6.45) is 1.30. The summed E-state index contributed by atoms with van der Waals surface area (Å²) >= 11 is 4.25. The highest BCUT2D eigenvalue weighted by Crippen LogP contribution is 2.26. The van der Waals surface area contributed by atoms with Gasteiger partial charge in [-0.3, -0.25) is 15.0 Å². The molecule has 0 aliphatic carbocycles. The molecular weight excluding hydrogens is 437 g/mol. The molecule has 1 unspecified atom stereocenters. The van der Waals surface area contributed by atoms with Crippen molar-refractivity contribution >= 4 is 46.3 Å². The van der Waals surface area contributed by atoms with Crippen LogP contribution >= 0.6 is 11.6 Å². The van der Waals surface area contributed by atoms with E-state index in [0.717, 1.165) is 6.07 Å². The Morgan fingerprint density at radius 3 is 2.57 bits per heavy atom. The molecule has 0 saturated carbocycles. The van der Waals surface area contributed by atoms with Gasteiger partial charge >= 0.3 is 0 Å². The molecule has 0 aliphatic heterocycles. The maximum absolute atomic E-state index is 14.0. The Morgan fingerprint density at radius 1 is 1.27 bits per heavy atom. The summed E-state index contributed by atoms with van der Waals surface area (Å²) in [5.74, 6) is -2.11. The van der Waals surface area contributed by atoms with E-state index in [0.29, 0.717) is 11.1 Å². The number of nitrogen functional groups attached to an aromatic ring is 1. The second kappa shape index (κ2) is 10.1. The largest absolute Gasteiger partial charge is 0.593 e. The predicted octanol–water partition coefficient (Wildman–Crippen LogP) is 1.26. The molecule has 0 bridgehead atoms. The van der Waals surface area contributed by atoms with Gasteiger partial charge in [-0.25, -0.2) is 9.11 Å². The number of hydrogen-bond acceptors (Lipinski definition) is 6. The van der Waals surface area contributed by atoms with Crippen LogP contribution in [0.2, 0.25) is 5.02 Å². The van der Waals surface area contributed by atoms with Crippen molar-refractivity contribution in [2.75, 3.05) is 17.6 Å². The highest BCUT2D eigenvalue weighted by molar-refractivity contribution is 7.92. The molecule has 9 nitrogen and oxygen atoms in total. The molecule has 12 heteroatoms. The van der Waals surface area contributed by atoms with Gasteiger partial charge in [-0.2, -0.15) is 0 Å². The molecule has 0 fully saturated rings. The van der Waals surface area contributed by atoms with Crippen molar-refractivity contribution in [3.05, 3.63) is 57.9 Å². The Hall–Kier alpha value is -3.02. The first-order valence-electron chi connectivity index (χ1n) is 8.34. The molecule has 2 rings (SSSR count). The quantitative estimate of drug-likeness (QED) is 0.217. The van der Waals surface area contributed by atoms with Crippen molar-refractivity contribution in [3.63, 3.8) is 0 Å². The number of carbonyl (C=O) groups excluding carboxylic acids is 2. The molecule has 30 heavy (non-hydrogen) atoms. The number of halogens is 2. The summed E-state index contributed by atoms with van der Waals surface area (Å²) in [6.45, 7) is -0.429. The van der Waals surface area contributed by atoms with Gasteiger partial charge in [0.25, 0.3) is 11.8 Å². The minimum absolute atomic E-state index is 0.0252. The summed E-state index contributed by atoms with van der Waals surface area (Å²) in [5, 5.41) is 9.80. The van der Waals surface area contributed by atoms with Crippen molar-refractivity contribution in [1.29, 1.82) is 5.41 Å². The first-order valence-corrected chi connectivity index (χ1v) is 10.3. The normalized spacial score (nSPS) is 11.5. The number of nitrogens with two attached hydrogens (primary N) is 2. The minimum Gasteiger partial charge on any atom is -0.593 e. The third-order valence-electron chi connectivity index (χ3n) is 3.73. The molecule has 160 valence electrons. The zero-order valence-electron chi connectivity index (χ0n) is 15.8. The molecule has 2 amide bonds. The van der Waals surface area contributed by atoms with E-state index in [1.807, 2.05) is 0 Å². The van der Waals surface area contributed by atoms with Gasteiger partial charge in [0, 0.05) is 23.2 Å². The molecule has 0 aromatic heterocycles. The van der Waals surface area contributed by atoms with Gasteiger partial charge in [-0.1, -0.05) is 23.7 Å². The highest BCUT2D eigenvalue weighted by Gasteiger charge is 2.17. The Labute approximate surface area is 179 Å². The number of hydrogen-bond donors (Lipinski definition) is 5. The Morgan fingerprint density at radius 2 is 1.97 bits per heavy atom. The lowest BCUT2D eigenvalue weighted by Crippen LogP contribution is -2.25. The fourth-order valence-electron chi connectivity index (χ4n) is 2.38. The number of primary amides is 1. The van der Waals surface area contributed by atoms with Crippen LogP contribution in [0.25, 0.3) is 0 Å². The van der Waals surface area contributed by atoms with Gasteiger partial charge in [-0.15, -0.1) is 0 Å². The maximum Gasteiger partial charge on any atom is 0.255 e. The number of rotatable bonds is 9. The number of amides is 2. The van der Waals surface area contributed by atoms with Crippen LogP contribution in [0.4, 0.5) is 10.1 Å². The Bertz CT molecular complexity index is 989. The minimum atomic E-state index is -1.57. The molecular formula is C18H19ClFN5O4S. The molecule has 0 radical (unpaired) electrons. The predicted molar refractivity (Wildman–Crippen MR) is 112 cm³/mol. The molecule has 0 spiro atoms. The van der Waals surface area contributed by atoms with E-state index in [4.69, 9.17) is 33.2 Å². The molecule has 2 aromatic carbocycles. The fourth-order valence-corrected chi connectivity index (χ4v) is 3.06. The van der Waals surface area contributed by atoms with Crippen molar-refractivity contribution in [2.45, 2.75) is 6.54 Å². The Kier molecular flexibility index (Phi) is 7.86. The summed E-state index contributed by atoms with van der Waals surface area (Å²) in [7, 11) is 0. The van der Waals surface area contributed by atoms with Crippen LogP contribution < -0.4 is 26.2 Å². The summed E-state index contributed by atoms with van der Waals surface area (Å²) in [6, 6.07) is 6.88. The number of anilines is 1. The average Bonchev–Trinajstić information content (AvgIpc) is 2.67. The molecule has 7 N–H and O–H groups in total. The number of carbonyl (C=O) groups is 2. The number of amidine groups is 1. The topological polar surface area (TPSA) is 166 Å². The van der Waals surface area contributed by atoms with E-state index in [-0.39, 0.29) is 34.4 Å². The van der Waals surface area contributed by atoms with Crippen LogP contribution in [0.15, 0.2) is 30.3 Å². The van der Waals surface area contributed by atoms with Crippen molar-refractivity contribution in [1.82, 2.24) is 5.32 Å². The second-order valence-electron chi connectivity index (χ2n) is 6.05. The van der Waals surface area contributed by atoms with Gasteiger partial charge in [0.2, 0.25) is 0 Å². The Balaban J connectivity index is 2.22. The van der Waals surface area contributed by atoms with Gasteiger partial charge < -0.3 is 26.1 Å². The smallest absolute Gasteiger partial charge is 0.255 e. The first-order chi connectivity index (χ1) is 14.1. The van der Waals surface area contributed by atoms with E-state index in [1.54, 1.807) is 12.1 Å². The lowest BCUT2D eigenvalue weighted by Gasteiger charge is -2.14. The number of nitrogens with one attached hydrogen (secondary N) is 3. The first kappa shape index (κ1) is 23.3. The monoisotopic (exact) mass is 455 g/mol. The molecule has 0 heterocycles. The molecule has 2 aromatic rings. The van der Waals surface area contributed by atoms with E-state index in [9.17, 15) is 18.5 Å². The number of ether oxygens (including phenoxy) is 1. The van der Waals surface area contributed by atoms with Crippen LogP contribution in [0.3, 0.4) is 0 Å². The molecule has 0 saturated heterocycles. The second-order valence-corrected chi connectivity index (χ2v) is 7.57. The van der Waals surface area contributed by atoms with Gasteiger partial charge in [-0.05, 0) is 18.2 Å². The SMILES string of the molecule is C[S+]([O-])Nc1cc(C(=O)NCc2ccc(C(=N)N)cc2OCC(N)=O)cc(Cl)c1F. The van der Waals surface area contributed by atoms with Crippen LogP contribution in [0, 0.1) is 11.2 Å². The third kappa shape index (κ3) is 6.24. The van der Waals surface area contributed by atoms with Crippen molar-refractivity contribution < 1.29 is 23.3 Å². The maximum atomic E-state index is 14.0. The van der Waals surface area contributed by atoms with E-state index >= 15 is 0 Å². The highest BCUT2D eigenvalue weighted by atomic mass is 35.5. The van der Waals surface area contributed by atoms with Gasteiger partial charge in [0.15, 0.2) is 12.4 Å². The van der Waals surface area contributed by atoms with E-state index < -0.39 is 35.6 Å². The zero-order chi connectivity index (χ0) is 22.4. The number of benzene rings is 2. The standard InChI is InChI=1S/C18H19ClFN5O4S/c1-30(28)25-13-5-11(4-12(19)16(13)20)18(27)24-7-10-3-2-9(17(22)23)6-14(10)29-8-15(21)26/h2-6,25H,7-8H2,1H3,(H2,21,26)(H3,22,23)(H,24,27). The molecule has 1 atom stereocenters.